The van der Waals surface area contributed by atoms with E-state index in [2.05, 4.69) is 10.6 Å². The van der Waals surface area contributed by atoms with Crippen LogP contribution in [0, 0.1) is 5.92 Å². The molecule has 0 spiro atoms. The molecule has 0 bridgehead atoms. The maximum absolute atomic E-state index is 13.1. The third-order valence-corrected chi connectivity index (χ3v) is 4.67. The molecule has 0 atom stereocenters. The molecule has 1 heterocycles. The van der Waals surface area contributed by atoms with Gasteiger partial charge < -0.3 is 10.6 Å². The van der Waals surface area contributed by atoms with E-state index in [-0.39, 0.29) is 35.3 Å². The Balaban J connectivity index is 2.04. The van der Waals surface area contributed by atoms with Gasteiger partial charge in [0, 0.05) is 24.8 Å². The maximum Gasteiger partial charge on any atom is 0.416 e. The summed E-state index contributed by atoms with van der Waals surface area (Å²) in [7, 11) is 0. The van der Waals surface area contributed by atoms with Crippen LogP contribution in [-0.2, 0) is 20.6 Å². The van der Waals surface area contributed by atoms with Crippen LogP contribution in [0.5, 0.6) is 0 Å². The monoisotopic (exact) mass is 445 g/mol. The third kappa shape index (κ3) is 4.99. The predicted octanol–water partition coefficient (Wildman–Crippen LogP) is 4.51. The molecule has 32 heavy (non-hydrogen) atoms. The number of nitrogens with zero attached hydrogens (tertiary/aromatic N) is 1. The van der Waals surface area contributed by atoms with Crippen molar-refractivity contribution in [1.82, 2.24) is 4.90 Å². The van der Waals surface area contributed by atoms with Crippen LogP contribution in [0.15, 0.2) is 54.2 Å². The molecule has 0 aliphatic carbocycles. The number of imide groups is 1. The first-order chi connectivity index (χ1) is 15.0. The molecule has 3 amide bonds. The zero-order chi connectivity index (χ0) is 23.6. The molecule has 0 saturated heterocycles. The predicted molar refractivity (Wildman–Crippen MR) is 114 cm³/mol. The van der Waals surface area contributed by atoms with Crippen molar-refractivity contribution in [1.29, 1.82) is 0 Å². The lowest BCUT2D eigenvalue weighted by Gasteiger charge is -2.17. The Morgan fingerprint density at radius 1 is 1.00 bits per heavy atom. The van der Waals surface area contributed by atoms with Crippen molar-refractivity contribution in [3.63, 3.8) is 0 Å². The first-order valence-corrected chi connectivity index (χ1v) is 9.90. The van der Waals surface area contributed by atoms with E-state index in [1.54, 1.807) is 24.3 Å². The standard InChI is InChI=1S/C23H22F3N3O3/c1-13(2)12-29-21(31)19(15-7-9-17(10-8-15)27-14(3)30)20(22(29)32)28-18-6-4-5-16(11-18)23(24,25)26/h4-11,13,28H,12H2,1-3H3,(H,27,30). The highest BCUT2D eigenvalue weighted by Gasteiger charge is 2.39. The summed E-state index contributed by atoms with van der Waals surface area (Å²) in [6, 6.07) is 10.7. The van der Waals surface area contributed by atoms with Crippen LogP contribution < -0.4 is 10.6 Å². The fourth-order valence-electron chi connectivity index (χ4n) is 3.33. The lowest BCUT2D eigenvalue weighted by atomic mass is 10.0. The Morgan fingerprint density at radius 2 is 1.66 bits per heavy atom. The minimum atomic E-state index is -4.55. The van der Waals surface area contributed by atoms with Crippen LogP contribution in [0.2, 0.25) is 0 Å². The second-order valence-corrected chi connectivity index (χ2v) is 7.83. The van der Waals surface area contributed by atoms with E-state index in [1.807, 2.05) is 13.8 Å². The van der Waals surface area contributed by atoms with Crippen molar-refractivity contribution in [3.05, 3.63) is 65.4 Å². The summed E-state index contributed by atoms with van der Waals surface area (Å²) >= 11 is 0. The molecule has 6 nitrogen and oxygen atoms in total. The Hall–Kier alpha value is -3.62. The largest absolute Gasteiger partial charge is 0.416 e. The van der Waals surface area contributed by atoms with Gasteiger partial charge in [-0.05, 0) is 41.8 Å². The van der Waals surface area contributed by atoms with Crippen molar-refractivity contribution in [2.45, 2.75) is 26.9 Å². The first kappa shape index (κ1) is 23.1. The maximum atomic E-state index is 13.1. The van der Waals surface area contributed by atoms with Crippen LogP contribution in [0.3, 0.4) is 0 Å². The van der Waals surface area contributed by atoms with Gasteiger partial charge in [0.05, 0.1) is 11.1 Å². The van der Waals surface area contributed by atoms with Crippen LogP contribution >= 0.6 is 0 Å². The number of nitrogens with one attached hydrogen (secondary N) is 2. The number of carbonyl (C=O) groups is 3. The summed E-state index contributed by atoms with van der Waals surface area (Å²) in [5, 5.41) is 5.34. The van der Waals surface area contributed by atoms with Gasteiger partial charge in [0.1, 0.15) is 5.70 Å². The van der Waals surface area contributed by atoms with Crippen LogP contribution in [0.1, 0.15) is 31.9 Å². The molecule has 2 aromatic carbocycles. The zero-order valence-corrected chi connectivity index (χ0v) is 17.7. The Morgan fingerprint density at radius 3 is 2.22 bits per heavy atom. The van der Waals surface area contributed by atoms with Crippen LogP contribution in [0.4, 0.5) is 24.5 Å². The first-order valence-electron chi connectivity index (χ1n) is 9.90. The number of benzene rings is 2. The number of carbonyl (C=O) groups excluding carboxylic acids is 3. The number of rotatable bonds is 6. The van der Waals surface area contributed by atoms with Gasteiger partial charge in [0.25, 0.3) is 11.8 Å². The van der Waals surface area contributed by atoms with Gasteiger partial charge in [-0.25, -0.2) is 0 Å². The summed E-state index contributed by atoms with van der Waals surface area (Å²) in [6.45, 7) is 5.22. The highest BCUT2D eigenvalue weighted by molar-refractivity contribution is 6.36. The van der Waals surface area contributed by atoms with E-state index in [0.29, 0.717) is 11.3 Å². The van der Waals surface area contributed by atoms with Crippen molar-refractivity contribution < 1.29 is 27.6 Å². The number of hydrogen-bond donors (Lipinski definition) is 2. The second-order valence-electron chi connectivity index (χ2n) is 7.83. The SMILES string of the molecule is CC(=O)Nc1ccc(C2=C(Nc3cccc(C(F)(F)F)c3)C(=O)N(CC(C)C)C2=O)cc1. The van der Waals surface area contributed by atoms with Gasteiger partial charge in [-0.1, -0.05) is 32.0 Å². The molecule has 1 aliphatic heterocycles. The topological polar surface area (TPSA) is 78.5 Å². The number of alkyl halides is 3. The number of halogens is 3. The van der Waals surface area contributed by atoms with Gasteiger partial charge in [-0.3, -0.25) is 19.3 Å². The molecule has 2 N–H and O–H groups in total. The van der Waals surface area contributed by atoms with Crippen LogP contribution in [-0.4, -0.2) is 29.2 Å². The molecule has 168 valence electrons. The molecule has 0 unspecified atom stereocenters. The number of anilines is 2. The van der Waals surface area contributed by atoms with E-state index in [0.717, 1.165) is 17.0 Å². The highest BCUT2D eigenvalue weighted by atomic mass is 19.4. The van der Waals surface area contributed by atoms with E-state index in [9.17, 15) is 27.6 Å². The van der Waals surface area contributed by atoms with Crippen LogP contribution in [0.25, 0.3) is 5.57 Å². The molecular weight excluding hydrogens is 423 g/mol. The van der Waals surface area contributed by atoms with E-state index in [4.69, 9.17) is 0 Å². The third-order valence-electron chi connectivity index (χ3n) is 4.67. The molecule has 0 radical (unpaired) electrons. The second kappa shape index (κ2) is 8.86. The summed E-state index contributed by atoms with van der Waals surface area (Å²) in [4.78, 5) is 38.5. The molecule has 2 aromatic rings. The molecule has 0 fully saturated rings. The quantitative estimate of drug-likeness (QED) is 0.642. The Bertz CT molecular complexity index is 1090. The minimum Gasteiger partial charge on any atom is -0.350 e. The zero-order valence-electron chi connectivity index (χ0n) is 17.7. The van der Waals surface area contributed by atoms with Gasteiger partial charge >= 0.3 is 6.18 Å². The fraction of sp³-hybridized carbons (Fsp3) is 0.261. The Labute approximate surface area is 183 Å². The van der Waals surface area contributed by atoms with Crippen molar-refractivity contribution >= 4 is 34.7 Å². The Kier molecular flexibility index (Phi) is 6.38. The molecule has 9 heteroatoms. The van der Waals surface area contributed by atoms with Crippen molar-refractivity contribution in [2.24, 2.45) is 5.92 Å². The average molecular weight is 445 g/mol. The smallest absolute Gasteiger partial charge is 0.350 e. The summed E-state index contributed by atoms with van der Waals surface area (Å²) in [6.07, 6.45) is -4.55. The lowest BCUT2D eigenvalue weighted by molar-refractivity contribution is -0.138. The fourth-order valence-corrected chi connectivity index (χ4v) is 3.33. The van der Waals surface area contributed by atoms with Crippen molar-refractivity contribution in [3.8, 4) is 0 Å². The molecule has 3 rings (SSSR count). The van der Waals surface area contributed by atoms with Gasteiger partial charge in [0.15, 0.2) is 0 Å². The average Bonchev–Trinajstić information content (AvgIpc) is 2.92. The van der Waals surface area contributed by atoms with Gasteiger partial charge in [0.2, 0.25) is 5.91 Å². The highest BCUT2D eigenvalue weighted by Crippen LogP contribution is 2.34. The molecule has 0 saturated carbocycles. The number of hydrogen-bond acceptors (Lipinski definition) is 4. The molecular formula is C23H22F3N3O3. The summed E-state index contributed by atoms with van der Waals surface area (Å²) in [5.41, 5.74) is 0.0303. The van der Waals surface area contributed by atoms with E-state index in [1.165, 1.54) is 19.1 Å². The minimum absolute atomic E-state index is 0.000741. The van der Waals surface area contributed by atoms with Gasteiger partial charge in [-0.2, -0.15) is 13.2 Å². The number of amides is 3. The van der Waals surface area contributed by atoms with E-state index >= 15 is 0 Å². The summed E-state index contributed by atoms with van der Waals surface area (Å²) < 4.78 is 39.3. The lowest BCUT2D eigenvalue weighted by Crippen LogP contribution is -2.35. The van der Waals surface area contributed by atoms with Gasteiger partial charge in [-0.15, -0.1) is 0 Å². The molecule has 0 aromatic heterocycles. The molecule has 1 aliphatic rings. The normalized spacial score (nSPS) is 14.4. The van der Waals surface area contributed by atoms with Crippen molar-refractivity contribution in [2.75, 3.05) is 17.2 Å². The summed E-state index contributed by atoms with van der Waals surface area (Å²) in [5.74, 6) is -1.41. The van der Waals surface area contributed by atoms with E-state index < -0.39 is 23.6 Å².